The lowest BCUT2D eigenvalue weighted by Gasteiger charge is -2.24. The van der Waals surface area contributed by atoms with Crippen LogP contribution in [0.4, 0.5) is 22.0 Å². The largest absolute Gasteiger partial charge is 0.467 e. The predicted molar refractivity (Wildman–Crippen MR) is 49.8 cm³/mol. The van der Waals surface area contributed by atoms with Crippen molar-refractivity contribution in [2.45, 2.75) is 32.0 Å². The third-order valence-electron chi connectivity index (χ3n) is 2.05. The Morgan fingerprint density at radius 2 is 1.56 bits per heavy atom. The maximum atomic E-state index is 12.6. The first-order valence-electron chi connectivity index (χ1n) is 4.78. The Morgan fingerprint density at radius 1 is 1.11 bits per heavy atom. The monoisotopic (exact) mass is 277 g/mol. The Morgan fingerprint density at radius 3 is 1.83 bits per heavy atom. The number of alkyl halides is 5. The van der Waals surface area contributed by atoms with E-state index in [4.69, 9.17) is 0 Å². The number of esters is 1. The van der Waals surface area contributed by atoms with Gasteiger partial charge in [0.2, 0.25) is 0 Å². The minimum absolute atomic E-state index is 0.703. The summed E-state index contributed by atoms with van der Waals surface area (Å²) >= 11 is 0. The molecule has 1 amide bonds. The van der Waals surface area contributed by atoms with Gasteiger partial charge in [0, 0.05) is 0 Å². The molecule has 0 radical (unpaired) electrons. The van der Waals surface area contributed by atoms with Crippen molar-refractivity contribution in [3.8, 4) is 0 Å². The van der Waals surface area contributed by atoms with Gasteiger partial charge in [0.1, 0.15) is 6.04 Å². The molecule has 0 rings (SSSR count). The molecule has 0 aliphatic rings. The van der Waals surface area contributed by atoms with Gasteiger partial charge in [-0.2, -0.15) is 22.0 Å². The molecule has 0 bridgehead atoms. The summed E-state index contributed by atoms with van der Waals surface area (Å²) in [7, 11) is 0.922. The van der Waals surface area contributed by atoms with Gasteiger partial charge in [-0.05, 0) is 5.92 Å². The van der Waals surface area contributed by atoms with Crippen molar-refractivity contribution in [2.75, 3.05) is 7.11 Å². The topological polar surface area (TPSA) is 55.4 Å². The van der Waals surface area contributed by atoms with Gasteiger partial charge in [0.25, 0.3) is 0 Å². The second-order valence-electron chi connectivity index (χ2n) is 3.79. The lowest BCUT2D eigenvalue weighted by atomic mass is 10.0. The highest BCUT2D eigenvalue weighted by molar-refractivity contribution is 5.89. The fourth-order valence-corrected chi connectivity index (χ4v) is 0.985. The molecule has 1 unspecified atom stereocenters. The summed E-state index contributed by atoms with van der Waals surface area (Å²) in [5.74, 6) is -9.95. The minimum atomic E-state index is -6.02. The standard InChI is InChI=1S/C9H12F5NO3/c1-4(2)5(6(16)18-3)15-7(17)8(10,11)9(12,13)14/h4-5H,1-3H3,(H,15,17). The fraction of sp³-hybridized carbons (Fsp3) is 0.778. The summed E-state index contributed by atoms with van der Waals surface area (Å²) in [4.78, 5) is 22.0. The molecule has 0 heterocycles. The third kappa shape index (κ3) is 3.54. The number of rotatable bonds is 4. The minimum Gasteiger partial charge on any atom is -0.467 e. The van der Waals surface area contributed by atoms with E-state index in [1.807, 2.05) is 0 Å². The van der Waals surface area contributed by atoms with Crippen LogP contribution in [0, 0.1) is 5.92 Å². The van der Waals surface area contributed by atoms with Gasteiger partial charge < -0.3 is 10.1 Å². The third-order valence-corrected chi connectivity index (χ3v) is 2.05. The smallest absolute Gasteiger partial charge is 0.463 e. The molecule has 9 heteroatoms. The molecule has 1 N–H and O–H groups in total. The summed E-state index contributed by atoms with van der Waals surface area (Å²) in [6, 6.07) is -1.57. The molecule has 0 aliphatic carbocycles. The second-order valence-corrected chi connectivity index (χ2v) is 3.79. The van der Waals surface area contributed by atoms with Crippen LogP contribution < -0.4 is 5.32 Å². The molecule has 0 spiro atoms. The van der Waals surface area contributed by atoms with Gasteiger partial charge in [-0.25, -0.2) is 4.79 Å². The number of nitrogens with one attached hydrogen (secondary N) is 1. The van der Waals surface area contributed by atoms with E-state index in [1.165, 1.54) is 19.2 Å². The van der Waals surface area contributed by atoms with Crippen LogP contribution in [-0.4, -0.2) is 37.1 Å². The van der Waals surface area contributed by atoms with E-state index >= 15 is 0 Å². The first-order chi connectivity index (χ1) is 7.95. The van der Waals surface area contributed by atoms with Crippen LogP contribution in [0.15, 0.2) is 0 Å². The molecule has 0 fully saturated rings. The van der Waals surface area contributed by atoms with Gasteiger partial charge in [0.05, 0.1) is 7.11 Å². The number of halogens is 5. The zero-order valence-electron chi connectivity index (χ0n) is 9.77. The first-order valence-corrected chi connectivity index (χ1v) is 4.78. The van der Waals surface area contributed by atoms with E-state index in [9.17, 15) is 31.5 Å². The quantitative estimate of drug-likeness (QED) is 0.626. The normalized spacial score (nSPS) is 14.3. The lowest BCUT2D eigenvalue weighted by molar-refractivity contribution is -0.270. The maximum Gasteiger partial charge on any atom is 0.463 e. The van der Waals surface area contributed by atoms with Crippen LogP contribution >= 0.6 is 0 Å². The molecule has 1 atom stereocenters. The zero-order valence-corrected chi connectivity index (χ0v) is 9.77. The molecule has 4 nitrogen and oxygen atoms in total. The highest BCUT2D eigenvalue weighted by Crippen LogP contribution is 2.35. The number of methoxy groups -OCH3 is 1. The SMILES string of the molecule is COC(=O)C(NC(=O)C(F)(F)C(F)(F)F)C(C)C. The molecule has 0 aromatic heterocycles. The highest BCUT2D eigenvalue weighted by Gasteiger charge is 2.63. The van der Waals surface area contributed by atoms with Gasteiger partial charge in [0.15, 0.2) is 0 Å². The molecule has 0 aromatic rings. The molecular formula is C9H12F5NO3. The molecule has 0 aromatic carbocycles. The van der Waals surface area contributed by atoms with Gasteiger partial charge in [-0.1, -0.05) is 13.8 Å². The first kappa shape index (κ1) is 16.6. The van der Waals surface area contributed by atoms with E-state index < -0.39 is 35.9 Å². The Labute approximate surface area is 99.5 Å². The average molecular weight is 277 g/mol. The fourth-order valence-electron chi connectivity index (χ4n) is 0.985. The number of amides is 1. The summed E-state index contributed by atoms with van der Waals surface area (Å²) in [6.07, 6.45) is -6.02. The average Bonchev–Trinajstić information content (AvgIpc) is 2.22. The van der Waals surface area contributed by atoms with Crippen LogP contribution in [0.25, 0.3) is 0 Å². The Balaban J connectivity index is 4.98. The molecule has 18 heavy (non-hydrogen) atoms. The van der Waals surface area contributed by atoms with Crippen LogP contribution in [0.3, 0.4) is 0 Å². The summed E-state index contributed by atoms with van der Waals surface area (Å²) in [5.41, 5.74) is 0. The molecule has 0 saturated heterocycles. The van der Waals surface area contributed by atoms with Crippen molar-refractivity contribution in [1.29, 1.82) is 0 Å². The van der Waals surface area contributed by atoms with Crippen molar-refractivity contribution in [1.82, 2.24) is 5.32 Å². The van der Waals surface area contributed by atoms with Crippen molar-refractivity contribution in [2.24, 2.45) is 5.92 Å². The van der Waals surface area contributed by atoms with E-state index in [0.29, 0.717) is 0 Å². The van der Waals surface area contributed by atoms with Crippen LogP contribution in [0.5, 0.6) is 0 Å². The summed E-state index contributed by atoms with van der Waals surface area (Å²) < 4.78 is 65.1. The summed E-state index contributed by atoms with van der Waals surface area (Å²) in [6.45, 7) is 2.71. The Kier molecular flexibility index (Phi) is 5.06. The Hall–Kier alpha value is -1.41. The maximum absolute atomic E-state index is 12.6. The van der Waals surface area contributed by atoms with Crippen molar-refractivity contribution >= 4 is 11.9 Å². The molecular weight excluding hydrogens is 265 g/mol. The second kappa shape index (κ2) is 5.49. The van der Waals surface area contributed by atoms with Crippen LogP contribution in [0.2, 0.25) is 0 Å². The van der Waals surface area contributed by atoms with Gasteiger partial charge >= 0.3 is 24.0 Å². The molecule has 0 aliphatic heterocycles. The van der Waals surface area contributed by atoms with Crippen LogP contribution in [0.1, 0.15) is 13.8 Å². The van der Waals surface area contributed by atoms with E-state index in [-0.39, 0.29) is 0 Å². The van der Waals surface area contributed by atoms with E-state index in [1.54, 1.807) is 0 Å². The lowest BCUT2D eigenvalue weighted by Crippen LogP contribution is -2.56. The molecule has 0 saturated carbocycles. The number of hydrogen-bond donors (Lipinski definition) is 1. The highest BCUT2D eigenvalue weighted by atomic mass is 19.4. The van der Waals surface area contributed by atoms with E-state index in [2.05, 4.69) is 4.74 Å². The number of carbonyl (C=O) groups is 2. The number of carbonyl (C=O) groups excluding carboxylic acids is 2. The van der Waals surface area contributed by atoms with Crippen LogP contribution in [-0.2, 0) is 14.3 Å². The number of hydrogen-bond acceptors (Lipinski definition) is 3. The van der Waals surface area contributed by atoms with Gasteiger partial charge in [-0.3, -0.25) is 4.79 Å². The van der Waals surface area contributed by atoms with Crippen molar-refractivity contribution in [3.05, 3.63) is 0 Å². The Bertz CT molecular complexity index is 327. The number of ether oxygens (including phenoxy) is 1. The zero-order chi connectivity index (χ0) is 14.7. The predicted octanol–water partition coefficient (Wildman–Crippen LogP) is 1.50. The van der Waals surface area contributed by atoms with E-state index in [0.717, 1.165) is 7.11 Å². The van der Waals surface area contributed by atoms with Crippen molar-refractivity contribution in [3.63, 3.8) is 0 Å². The van der Waals surface area contributed by atoms with Gasteiger partial charge in [-0.15, -0.1) is 0 Å². The van der Waals surface area contributed by atoms with Crippen molar-refractivity contribution < 1.29 is 36.3 Å². The molecule has 106 valence electrons. The summed E-state index contributed by atoms with van der Waals surface area (Å²) in [5, 5.41) is 1.33.